The second kappa shape index (κ2) is 7.30. The smallest absolute Gasteiger partial charge is 0.255 e. The van der Waals surface area contributed by atoms with E-state index in [0.29, 0.717) is 12.4 Å². The lowest BCUT2D eigenvalue weighted by molar-refractivity contribution is -0.0741. The number of hydrogen-bond acceptors (Lipinski definition) is 5. The average molecular weight is 377 g/mol. The van der Waals surface area contributed by atoms with Crippen molar-refractivity contribution in [2.75, 3.05) is 19.6 Å². The van der Waals surface area contributed by atoms with E-state index >= 15 is 0 Å². The molecule has 3 atom stereocenters. The zero-order chi connectivity index (χ0) is 18.9. The van der Waals surface area contributed by atoms with Crippen LogP contribution in [0, 0.1) is 5.92 Å². The monoisotopic (exact) mass is 377 g/mol. The van der Waals surface area contributed by atoms with Crippen LogP contribution >= 0.6 is 0 Å². The molecule has 0 aliphatic carbocycles. The van der Waals surface area contributed by atoms with E-state index in [1.54, 1.807) is 6.20 Å². The number of nitrogens with zero attached hydrogens (tertiary/aromatic N) is 3. The number of hydrogen-bond donors (Lipinski definition) is 4. The average Bonchev–Trinajstić information content (AvgIpc) is 3.16. The van der Waals surface area contributed by atoms with Crippen LogP contribution in [-0.2, 0) is 6.54 Å². The Kier molecular flexibility index (Phi) is 4.86. The summed E-state index contributed by atoms with van der Waals surface area (Å²) in [6.07, 6.45) is 9.35. The van der Waals surface area contributed by atoms with Gasteiger partial charge in [-0.1, -0.05) is 0 Å². The minimum atomic E-state index is -2.68. The number of nitrogens with one attached hydrogen (secondary N) is 4. The van der Waals surface area contributed by atoms with Gasteiger partial charge in [-0.15, -0.1) is 0 Å². The third-order valence-corrected chi connectivity index (χ3v) is 5.28. The van der Waals surface area contributed by atoms with Gasteiger partial charge in [-0.3, -0.25) is 9.67 Å². The van der Waals surface area contributed by atoms with Crippen LogP contribution in [-0.4, -0.2) is 53.3 Å². The molecule has 7 nitrogen and oxygen atoms in total. The molecule has 0 bridgehead atoms. The minimum absolute atomic E-state index is 0.0139. The van der Waals surface area contributed by atoms with Crippen LogP contribution in [0.5, 0.6) is 0 Å². The molecule has 1 saturated heterocycles. The van der Waals surface area contributed by atoms with Crippen molar-refractivity contribution in [2.24, 2.45) is 10.9 Å². The maximum atomic E-state index is 14.1. The van der Waals surface area contributed by atoms with Crippen LogP contribution in [0.3, 0.4) is 0 Å². The van der Waals surface area contributed by atoms with Crippen molar-refractivity contribution in [3.63, 3.8) is 0 Å². The number of fused-ring (bicyclic) bond motifs is 1. The Hall–Kier alpha value is -2.42. The highest BCUT2D eigenvalue weighted by Gasteiger charge is 2.41. The Balaban J connectivity index is 1.57. The van der Waals surface area contributed by atoms with Crippen LogP contribution in [0.15, 0.2) is 35.9 Å². The lowest BCUT2D eigenvalue weighted by Gasteiger charge is -2.36. The summed E-state index contributed by atoms with van der Waals surface area (Å²) in [6.45, 7) is 3.53. The highest BCUT2D eigenvalue weighted by Crippen LogP contribution is 2.31. The van der Waals surface area contributed by atoms with Gasteiger partial charge in [0.05, 0.1) is 24.7 Å². The number of alkyl halides is 2. The molecule has 4 N–H and O–H groups in total. The van der Waals surface area contributed by atoms with Crippen molar-refractivity contribution in [1.29, 1.82) is 0 Å². The first-order valence-corrected chi connectivity index (χ1v) is 9.38. The van der Waals surface area contributed by atoms with E-state index in [9.17, 15) is 8.78 Å². The zero-order valence-corrected chi connectivity index (χ0v) is 15.3. The normalized spacial score (nSPS) is 30.7. The predicted octanol–water partition coefficient (Wildman–Crippen LogP) is 0.892. The van der Waals surface area contributed by atoms with Crippen molar-refractivity contribution in [1.82, 2.24) is 31.0 Å². The summed E-state index contributed by atoms with van der Waals surface area (Å²) >= 11 is 0. The fourth-order valence-electron chi connectivity index (χ4n) is 3.61. The maximum Gasteiger partial charge on any atom is 0.255 e. The Bertz CT molecular complexity index is 768. The summed E-state index contributed by atoms with van der Waals surface area (Å²) in [5, 5.41) is 17.3. The molecule has 0 saturated carbocycles. The Morgan fingerprint density at radius 2 is 2.19 bits per heavy atom. The summed E-state index contributed by atoms with van der Waals surface area (Å²) in [6, 6.07) is -0.134. The summed E-state index contributed by atoms with van der Waals surface area (Å²) < 4.78 is 30.1. The molecule has 0 aromatic carbocycles. The van der Waals surface area contributed by atoms with Crippen LogP contribution < -0.4 is 21.3 Å². The highest BCUT2D eigenvalue weighted by molar-refractivity contribution is 5.98. The molecular weight excluding hydrogens is 352 g/mol. The third-order valence-electron chi connectivity index (χ3n) is 5.28. The number of piperidine rings is 1. The second-order valence-corrected chi connectivity index (χ2v) is 7.10. The Morgan fingerprint density at radius 3 is 2.96 bits per heavy atom. The van der Waals surface area contributed by atoms with E-state index < -0.39 is 11.8 Å². The first kappa shape index (κ1) is 18.0. The zero-order valence-electron chi connectivity index (χ0n) is 15.3. The molecular formula is C18H25F2N7. The fourth-order valence-corrected chi connectivity index (χ4v) is 3.61. The van der Waals surface area contributed by atoms with Crippen molar-refractivity contribution >= 4 is 11.5 Å². The molecule has 9 heteroatoms. The molecule has 146 valence electrons. The van der Waals surface area contributed by atoms with Crippen LogP contribution in [0.4, 0.5) is 8.78 Å². The first-order valence-electron chi connectivity index (χ1n) is 9.38. The molecule has 3 aliphatic rings. The van der Waals surface area contributed by atoms with Crippen molar-refractivity contribution in [3.8, 4) is 0 Å². The van der Waals surface area contributed by atoms with Gasteiger partial charge in [0, 0.05) is 55.9 Å². The number of aryl methyl sites for hydroxylation is 1. The number of rotatable bonds is 4. The molecule has 4 rings (SSSR count). The van der Waals surface area contributed by atoms with E-state index in [2.05, 4.69) is 37.4 Å². The minimum Gasteiger partial charge on any atom is -0.381 e. The number of halogens is 2. The number of amidine groups is 1. The first-order chi connectivity index (χ1) is 13.1. The van der Waals surface area contributed by atoms with Gasteiger partial charge in [0.1, 0.15) is 11.9 Å². The van der Waals surface area contributed by atoms with Crippen molar-refractivity contribution in [3.05, 3.63) is 36.4 Å². The van der Waals surface area contributed by atoms with Crippen molar-refractivity contribution < 1.29 is 8.78 Å². The predicted molar refractivity (Wildman–Crippen MR) is 100 cm³/mol. The quantitative estimate of drug-likeness (QED) is 0.627. The summed E-state index contributed by atoms with van der Waals surface area (Å²) in [4.78, 5) is 4.57. The van der Waals surface area contributed by atoms with E-state index in [0.717, 1.165) is 17.8 Å². The molecule has 3 aliphatic heterocycles. The van der Waals surface area contributed by atoms with Gasteiger partial charge >= 0.3 is 0 Å². The number of aliphatic imine (C=N–C) groups is 1. The van der Waals surface area contributed by atoms with Crippen molar-refractivity contribution in [2.45, 2.75) is 37.9 Å². The molecule has 1 aromatic rings. The fraction of sp³-hybridized carbons (Fsp3) is 0.556. The van der Waals surface area contributed by atoms with Gasteiger partial charge < -0.3 is 21.3 Å². The number of aromatic nitrogens is 2. The molecule has 1 fully saturated rings. The van der Waals surface area contributed by atoms with Gasteiger partial charge in [-0.05, 0) is 13.0 Å². The summed E-state index contributed by atoms with van der Waals surface area (Å²) in [7, 11) is 0. The molecule has 27 heavy (non-hydrogen) atoms. The molecule has 1 aromatic heterocycles. The van der Waals surface area contributed by atoms with Gasteiger partial charge in [0.15, 0.2) is 0 Å². The second-order valence-electron chi connectivity index (χ2n) is 7.10. The standard InChI is InChI=1S/C18H25F2N7/c1-2-27-11-12(8-25-27)14-7-15-16(23-6-5-22-15)17(26-14)24-10-13-9-21-4-3-18(13,19)20/h5-8,11,13,15-16,21-23H,2-4,9-10H2,1H3,(H,24,26)/t13-,15?,16?/m1/s1. The van der Waals surface area contributed by atoms with Gasteiger partial charge in [0.2, 0.25) is 0 Å². The van der Waals surface area contributed by atoms with Gasteiger partial charge in [-0.2, -0.15) is 5.10 Å². The van der Waals surface area contributed by atoms with Gasteiger partial charge in [0.25, 0.3) is 5.92 Å². The van der Waals surface area contributed by atoms with E-state index in [1.165, 1.54) is 0 Å². The maximum absolute atomic E-state index is 14.1. The lowest BCUT2D eigenvalue weighted by atomic mass is 9.94. The Morgan fingerprint density at radius 1 is 1.33 bits per heavy atom. The SMILES string of the molecule is CCn1cc(C2=CC3NC=CNC3C(=NC[C@H]3CNCCC3(F)F)N2)cn1. The molecule has 0 spiro atoms. The van der Waals surface area contributed by atoms with E-state index in [4.69, 9.17) is 0 Å². The molecule has 0 amide bonds. The third kappa shape index (κ3) is 3.69. The summed E-state index contributed by atoms with van der Waals surface area (Å²) in [5.74, 6) is -2.80. The van der Waals surface area contributed by atoms with Crippen LogP contribution in [0.1, 0.15) is 18.9 Å². The molecule has 0 radical (unpaired) electrons. The van der Waals surface area contributed by atoms with E-state index in [1.807, 2.05) is 30.2 Å². The molecule has 4 heterocycles. The van der Waals surface area contributed by atoms with Gasteiger partial charge in [-0.25, -0.2) is 8.78 Å². The Labute approximate surface area is 157 Å². The van der Waals surface area contributed by atoms with Crippen LogP contribution in [0.2, 0.25) is 0 Å². The summed E-state index contributed by atoms with van der Waals surface area (Å²) in [5.41, 5.74) is 1.83. The highest BCUT2D eigenvalue weighted by atomic mass is 19.3. The lowest BCUT2D eigenvalue weighted by Crippen LogP contribution is -2.58. The molecule has 2 unspecified atom stereocenters. The van der Waals surface area contributed by atoms with Crippen LogP contribution in [0.25, 0.3) is 5.70 Å². The van der Waals surface area contributed by atoms with E-state index in [-0.39, 0.29) is 31.6 Å². The topological polar surface area (TPSA) is 78.3 Å². The largest absolute Gasteiger partial charge is 0.381 e.